The van der Waals surface area contributed by atoms with Crippen LogP contribution in [0.1, 0.15) is 80.6 Å². The Bertz CT molecular complexity index is 955. The second-order valence-corrected chi connectivity index (χ2v) is 15.2. The number of rotatable bonds is 8. The van der Waals surface area contributed by atoms with Crippen LogP contribution in [0.25, 0.3) is 0 Å². The highest BCUT2D eigenvalue weighted by molar-refractivity contribution is 6.04. The molecular weight excluding hydrogens is 562 g/mol. The van der Waals surface area contributed by atoms with Crippen molar-refractivity contribution in [2.75, 3.05) is 55.0 Å². The average molecular weight is 626 g/mol. The zero-order chi connectivity index (χ0) is 33.1. The molecule has 256 valence electrons. The minimum Gasteiger partial charge on any atom is -0.463 e. The van der Waals surface area contributed by atoms with E-state index in [0.29, 0.717) is 24.8 Å². The Kier molecular flexibility index (Phi) is 12.9. The summed E-state index contributed by atoms with van der Waals surface area (Å²) < 4.78 is 25.1. The molecule has 10 heteroatoms. The summed E-state index contributed by atoms with van der Waals surface area (Å²) in [4.78, 5) is 34.7. The summed E-state index contributed by atoms with van der Waals surface area (Å²) in [5.41, 5.74) is -2.30. The molecule has 0 radical (unpaired) electrons. The summed E-state index contributed by atoms with van der Waals surface area (Å²) in [7, 11) is 9.76. The summed E-state index contributed by atoms with van der Waals surface area (Å²) in [6.45, 7) is 15.4. The standard InChI is InChI=1S/C34H63N3O7/c1-13-14-37-19-21(2)18-34(7,41-12)30(44-31-28(38)26(36(10)11)15-22(3)43-31)23(4)29(39)33(5,6)32(40)42-20-27(37)24-16-25(17-24)35(8)9/h21-28,30-31,38H,13-20H2,1-12H3/t21?,22-,23?,24?,25?,26+,27?,28-,30?,31+,34?/m1/s1. The molecule has 0 amide bonds. The summed E-state index contributed by atoms with van der Waals surface area (Å²) in [5, 5.41) is 11.3. The van der Waals surface area contributed by atoms with Gasteiger partial charge in [0.05, 0.1) is 17.8 Å². The molecule has 2 aliphatic heterocycles. The molecule has 2 heterocycles. The zero-order valence-electron chi connectivity index (χ0n) is 29.7. The molecule has 0 spiro atoms. The summed E-state index contributed by atoms with van der Waals surface area (Å²) >= 11 is 0. The van der Waals surface area contributed by atoms with Gasteiger partial charge < -0.3 is 33.9 Å². The van der Waals surface area contributed by atoms with Crippen LogP contribution in [-0.4, -0.2) is 135 Å². The van der Waals surface area contributed by atoms with E-state index < -0.39 is 41.4 Å². The molecule has 0 bridgehead atoms. The van der Waals surface area contributed by atoms with Gasteiger partial charge in [0, 0.05) is 37.7 Å². The number of Topliss-reactive ketones (excluding diaryl/α,β-unsaturated/α-hetero) is 1. The molecule has 0 aromatic heterocycles. The molecule has 10 nitrogen and oxygen atoms in total. The minimum atomic E-state index is -1.40. The number of esters is 1. The quantitative estimate of drug-likeness (QED) is 0.319. The van der Waals surface area contributed by atoms with Gasteiger partial charge in [0.25, 0.3) is 0 Å². The summed E-state index contributed by atoms with van der Waals surface area (Å²) in [6, 6.07) is 0.446. The Hall–Kier alpha value is -1.14. The highest BCUT2D eigenvalue weighted by atomic mass is 16.7. The van der Waals surface area contributed by atoms with Crippen molar-refractivity contribution < 1.29 is 33.6 Å². The molecule has 1 saturated carbocycles. The van der Waals surface area contributed by atoms with Crippen LogP contribution in [0, 0.1) is 23.2 Å². The van der Waals surface area contributed by atoms with Crippen molar-refractivity contribution in [2.45, 2.75) is 129 Å². The van der Waals surface area contributed by atoms with Gasteiger partial charge in [-0.05, 0) is 106 Å². The monoisotopic (exact) mass is 625 g/mol. The van der Waals surface area contributed by atoms with Crippen LogP contribution < -0.4 is 0 Å². The van der Waals surface area contributed by atoms with Crippen LogP contribution >= 0.6 is 0 Å². The first kappa shape index (κ1) is 37.3. The van der Waals surface area contributed by atoms with Gasteiger partial charge in [0.2, 0.25) is 0 Å². The number of aliphatic hydroxyl groups is 1. The van der Waals surface area contributed by atoms with Gasteiger partial charge in [-0.1, -0.05) is 20.8 Å². The lowest BCUT2D eigenvalue weighted by atomic mass is 9.74. The van der Waals surface area contributed by atoms with Crippen molar-refractivity contribution >= 4 is 11.8 Å². The highest BCUT2D eigenvalue weighted by Gasteiger charge is 2.52. The Labute approximate surface area is 267 Å². The third-order valence-corrected chi connectivity index (χ3v) is 10.7. The predicted octanol–water partition coefficient (Wildman–Crippen LogP) is 3.44. The van der Waals surface area contributed by atoms with Crippen LogP contribution in [0.3, 0.4) is 0 Å². The van der Waals surface area contributed by atoms with E-state index in [-0.39, 0.29) is 36.5 Å². The fraction of sp³-hybridized carbons (Fsp3) is 0.941. The molecule has 5 unspecified atom stereocenters. The van der Waals surface area contributed by atoms with Crippen LogP contribution in [-0.2, 0) is 28.5 Å². The molecule has 1 N–H and O–H groups in total. The van der Waals surface area contributed by atoms with Crippen molar-refractivity contribution in [1.82, 2.24) is 14.7 Å². The molecule has 0 aromatic carbocycles. The van der Waals surface area contributed by atoms with E-state index in [2.05, 4.69) is 37.7 Å². The maximum absolute atomic E-state index is 14.2. The molecular formula is C34H63N3O7. The van der Waals surface area contributed by atoms with Crippen molar-refractivity contribution in [1.29, 1.82) is 0 Å². The van der Waals surface area contributed by atoms with Gasteiger partial charge in [-0.3, -0.25) is 14.5 Å². The minimum absolute atomic E-state index is 0.0812. The van der Waals surface area contributed by atoms with Gasteiger partial charge in [0.1, 0.15) is 18.1 Å². The van der Waals surface area contributed by atoms with Crippen molar-refractivity contribution in [3.05, 3.63) is 0 Å². The second-order valence-electron chi connectivity index (χ2n) is 15.2. The maximum atomic E-state index is 14.2. The third kappa shape index (κ3) is 8.22. The largest absolute Gasteiger partial charge is 0.463 e. The van der Waals surface area contributed by atoms with E-state index in [9.17, 15) is 14.7 Å². The van der Waals surface area contributed by atoms with E-state index in [1.165, 1.54) is 0 Å². The van der Waals surface area contributed by atoms with Crippen molar-refractivity contribution in [3.63, 3.8) is 0 Å². The smallest absolute Gasteiger partial charge is 0.319 e. The number of hydrogen-bond acceptors (Lipinski definition) is 10. The topological polar surface area (TPSA) is 101 Å². The van der Waals surface area contributed by atoms with E-state index in [1.807, 2.05) is 32.8 Å². The molecule has 2 saturated heterocycles. The molecule has 3 fully saturated rings. The van der Waals surface area contributed by atoms with Gasteiger partial charge in [-0.15, -0.1) is 0 Å². The van der Waals surface area contributed by atoms with Crippen LogP contribution in [0.2, 0.25) is 0 Å². The number of carbonyl (C=O) groups excluding carboxylic acids is 2. The second kappa shape index (κ2) is 15.2. The average Bonchev–Trinajstić information content (AvgIpc) is 2.92. The molecule has 0 aromatic rings. The molecule has 3 aliphatic rings. The highest BCUT2D eigenvalue weighted by Crippen LogP contribution is 2.40. The molecule has 44 heavy (non-hydrogen) atoms. The number of hydrogen-bond donors (Lipinski definition) is 1. The lowest BCUT2D eigenvalue weighted by Gasteiger charge is -2.48. The van der Waals surface area contributed by atoms with E-state index in [1.54, 1.807) is 27.9 Å². The fourth-order valence-corrected chi connectivity index (χ4v) is 7.80. The SMILES string of the molecule is CCCN1CC(C)CC(C)(OC)C(O[C@@H]2O[C@H](C)C[C@H](N(C)C)[C@H]2O)C(C)C(=O)C(C)(C)C(=O)OCC1C1CC(N(C)C)C1. The van der Waals surface area contributed by atoms with Gasteiger partial charge in [-0.2, -0.15) is 0 Å². The molecule has 9 atom stereocenters. The van der Waals surface area contributed by atoms with E-state index in [0.717, 1.165) is 32.4 Å². The van der Waals surface area contributed by atoms with Gasteiger partial charge in [-0.25, -0.2) is 0 Å². The van der Waals surface area contributed by atoms with E-state index in [4.69, 9.17) is 18.9 Å². The number of likely N-dealkylation sites (N-methyl/N-ethyl adjacent to an activating group) is 1. The number of cyclic esters (lactones) is 1. The van der Waals surface area contributed by atoms with Crippen molar-refractivity contribution in [3.8, 4) is 0 Å². The lowest BCUT2D eigenvalue weighted by molar-refractivity contribution is -0.295. The maximum Gasteiger partial charge on any atom is 0.319 e. The van der Waals surface area contributed by atoms with Crippen LogP contribution in [0.5, 0.6) is 0 Å². The first-order chi connectivity index (χ1) is 20.5. The van der Waals surface area contributed by atoms with Gasteiger partial charge in [0.15, 0.2) is 12.1 Å². The number of aliphatic hydroxyl groups excluding tert-OH is 1. The summed E-state index contributed by atoms with van der Waals surface area (Å²) in [6.07, 6.45) is 1.58. The third-order valence-electron chi connectivity index (χ3n) is 10.7. The lowest BCUT2D eigenvalue weighted by Crippen LogP contribution is -2.59. The number of methoxy groups -OCH3 is 1. The predicted molar refractivity (Wildman–Crippen MR) is 171 cm³/mol. The number of carbonyl (C=O) groups is 2. The van der Waals surface area contributed by atoms with Crippen LogP contribution in [0.4, 0.5) is 0 Å². The first-order valence-electron chi connectivity index (χ1n) is 16.8. The van der Waals surface area contributed by atoms with Gasteiger partial charge >= 0.3 is 5.97 Å². The van der Waals surface area contributed by atoms with E-state index >= 15 is 0 Å². The van der Waals surface area contributed by atoms with Crippen LogP contribution in [0.15, 0.2) is 0 Å². The fourth-order valence-electron chi connectivity index (χ4n) is 7.80. The number of nitrogens with zero attached hydrogens (tertiary/aromatic N) is 3. The number of ketones is 1. The van der Waals surface area contributed by atoms with Crippen molar-refractivity contribution in [2.24, 2.45) is 23.2 Å². The Balaban J connectivity index is 2.01. The first-order valence-corrected chi connectivity index (χ1v) is 16.8. The number of ether oxygens (including phenoxy) is 4. The zero-order valence-corrected chi connectivity index (χ0v) is 29.7. The molecule has 1 aliphatic carbocycles. The summed E-state index contributed by atoms with van der Waals surface area (Å²) in [5.74, 6) is -0.931. The Morgan fingerprint density at radius 2 is 1.66 bits per heavy atom. The normalized spacial score (nSPS) is 41.4. The Morgan fingerprint density at radius 1 is 1.02 bits per heavy atom. The Morgan fingerprint density at radius 3 is 2.20 bits per heavy atom. The molecule has 3 rings (SSSR count).